The Morgan fingerprint density at radius 3 is 2.42 bits per heavy atom. The molecule has 2 fully saturated rings. The number of fused-ring (bicyclic) bond motifs is 1. The Labute approximate surface area is 213 Å². The average Bonchev–Trinajstić information content (AvgIpc) is 3.23. The van der Waals surface area contributed by atoms with E-state index in [1.807, 2.05) is 36.9 Å². The topological polar surface area (TPSA) is 63.6 Å². The highest BCUT2D eigenvalue weighted by molar-refractivity contribution is 6.01. The summed E-state index contributed by atoms with van der Waals surface area (Å²) in [5.41, 5.74) is 5.18. The van der Waals surface area contributed by atoms with Crippen molar-refractivity contribution < 1.29 is 14.3 Å². The van der Waals surface area contributed by atoms with Crippen LogP contribution in [0.1, 0.15) is 67.8 Å². The van der Waals surface area contributed by atoms with E-state index in [0.29, 0.717) is 37.8 Å². The minimum atomic E-state index is -0.0837. The van der Waals surface area contributed by atoms with Crippen LogP contribution in [-0.2, 0) is 16.1 Å². The third-order valence-electron chi connectivity index (χ3n) is 7.50. The molecule has 0 spiro atoms. The largest absolute Gasteiger partial charge is 0.378 e. The van der Waals surface area contributed by atoms with E-state index in [1.165, 1.54) is 24.8 Å². The molecule has 2 aliphatic rings. The lowest BCUT2D eigenvalue weighted by atomic mass is 9.82. The molecule has 1 aromatic heterocycles. The number of nitrogens with zero attached hydrogens (tertiary/aromatic N) is 2. The molecular weight excluding hydrogens is 450 g/mol. The third kappa shape index (κ3) is 5.05. The van der Waals surface area contributed by atoms with Crippen LogP contribution >= 0.6 is 0 Å². The van der Waals surface area contributed by atoms with Crippen molar-refractivity contribution >= 4 is 22.7 Å². The second-order valence-corrected chi connectivity index (χ2v) is 10.4. The van der Waals surface area contributed by atoms with Gasteiger partial charge in [0.2, 0.25) is 5.91 Å². The fourth-order valence-electron chi connectivity index (χ4n) is 5.79. The molecule has 1 aliphatic carbocycles. The fraction of sp³-hybridized carbons (Fsp3) is 0.467. The first-order chi connectivity index (χ1) is 17.5. The van der Waals surface area contributed by atoms with Crippen molar-refractivity contribution in [2.45, 2.75) is 64.5 Å². The van der Waals surface area contributed by atoms with Crippen LogP contribution in [0.3, 0.4) is 0 Å². The molecule has 6 nitrogen and oxygen atoms in total. The zero-order chi connectivity index (χ0) is 25.1. The Morgan fingerprint density at radius 2 is 1.72 bits per heavy atom. The molecule has 0 bridgehead atoms. The summed E-state index contributed by atoms with van der Waals surface area (Å²) in [7, 11) is 0. The van der Waals surface area contributed by atoms with Crippen molar-refractivity contribution in [1.29, 1.82) is 0 Å². The molecule has 3 aromatic rings. The SMILES string of the molecule is CC(C)NC(=O)c1ccc2c(C3CCCCC3)c(-c3ccccc3)n(CC(=O)N3CCOCC3)c2c1. The molecule has 36 heavy (non-hydrogen) atoms. The van der Waals surface area contributed by atoms with Gasteiger partial charge >= 0.3 is 0 Å². The first-order valence-electron chi connectivity index (χ1n) is 13.4. The van der Waals surface area contributed by atoms with Crippen LogP contribution in [0.25, 0.3) is 22.2 Å². The van der Waals surface area contributed by atoms with Crippen LogP contribution in [0, 0.1) is 0 Å². The van der Waals surface area contributed by atoms with E-state index >= 15 is 0 Å². The molecule has 5 rings (SSSR count). The molecule has 0 radical (unpaired) electrons. The summed E-state index contributed by atoms with van der Waals surface area (Å²) < 4.78 is 7.65. The maximum absolute atomic E-state index is 13.5. The second-order valence-electron chi connectivity index (χ2n) is 10.4. The van der Waals surface area contributed by atoms with Crippen LogP contribution in [0.5, 0.6) is 0 Å². The van der Waals surface area contributed by atoms with Gasteiger partial charge in [-0.05, 0) is 55.9 Å². The molecule has 1 saturated heterocycles. The van der Waals surface area contributed by atoms with Gasteiger partial charge in [-0.2, -0.15) is 0 Å². The van der Waals surface area contributed by atoms with Crippen molar-refractivity contribution in [3.63, 3.8) is 0 Å². The predicted octanol–water partition coefficient (Wildman–Crippen LogP) is 5.35. The smallest absolute Gasteiger partial charge is 0.251 e. The number of hydrogen-bond donors (Lipinski definition) is 1. The highest BCUT2D eigenvalue weighted by atomic mass is 16.5. The van der Waals surface area contributed by atoms with Gasteiger partial charge in [0.1, 0.15) is 6.54 Å². The van der Waals surface area contributed by atoms with Gasteiger partial charge < -0.3 is 19.5 Å². The number of carbonyl (C=O) groups excluding carboxylic acids is 2. The number of ether oxygens (including phenoxy) is 1. The van der Waals surface area contributed by atoms with E-state index in [-0.39, 0.29) is 24.4 Å². The molecule has 0 atom stereocenters. The summed E-state index contributed by atoms with van der Waals surface area (Å²) >= 11 is 0. The molecule has 0 unspecified atom stereocenters. The standard InChI is InChI=1S/C30H37N3O3/c1-21(2)31-30(35)24-13-14-25-26(19-24)33(20-27(34)32-15-17-36-18-16-32)29(23-11-7-4-8-12-23)28(25)22-9-5-3-6-10-22/h4,7-8,11-14,19,21-22H,3,5-6,9-10,15-18,20H2,1-2H3,(H,31,35). The Kier molecular flexibility index (Phi) is 7.42. The number of amides is 2. The van der Waals surface area contributed by atoms with Gasteiger partial charge in [-0.3, -0.25) is 9.59 Å². The van der Waals surface area contributed by atoms with Crippen LogP contribution in [0.15, 0.2) is 48.5 Å². The first-order valence-corrected chi connectivity index (χ1v) is 13.4. The number of nitrogens with one attached hydrogen (secondary N) is 1. The zero-order valence-electron chi connectivity index (χ0n) is 21.5. The lowest BCUT2D eigenvalue weighted by molar-refractivity contribution is -0.135. The minimum absolute atomic E-state index is 0.0561. The summed E-state index contributed by atoms with van der Waals surface area (Å²) in [4.78, 5) is 28.4. The van der Waals surface area contributed by atoms with Gasteiger partial charge in [-0.15, -0.1) is 0 Å². The molecule has 190 valence electrons. The van der Waals surface area contributed by atoms with Crippen molar-refractivity contribution in [2.75, 3.05) is 26.3 Å². The normalized spacial score (nSPS) is 17.0. The summed E-state index contributed by atoms with van der Waals surface area (Å²) in [5, 5.41) is 4.18. The maximum atomic E-state index is 13.5. The predicted molar refractivity (Wildman–Crippen MR) is 143 cm³/mol. The Hall–Kier alpha value is -3.12. The summed E-state index contributed by atoms with van der Waals surface area (Å²) in [5.74, 6) is 0.464. The van der Waals surface area contributed by atoms with Crippen molar-refractivity contribution in [1.82, 2.24) is 14.8 Å². The minimum Gasteiger partial charge on any atom is -0.378 e. The fourth-order valence-corrected chi connectivity index (χ4v) is 5.79. The number of carbonyl (C=O) groups is 2. The van der Waals surface area contributed by atoms with E-state index in [4.69, 9.17) is 4.74 Å². The molecule has 2 heterocycles. The van der Waals surface area contributed by atoms with Crippen LogP contribution in [0.4, 0.5) is 0 Å². The molecule has 1 N–H and O–H groups in total. The second kappa shape index (κ2) is 10.9. The first kappa shape index (κ1) is 24.6. The maximum Gasteiger partial charge on any atom is 0.251 e. The van der Waals surface area contributed by atoms with Gasteiger partial charge in [0.25, 0.3) is 5.91 Å². The third-order valence-corrected chi connectivity index (χ3v) is 7.50. The van der Waals surface area contributed by atoms with Crippen LogP contribution < -0.4 is 5.32 Å². The Bertz CT molecular complexity index is 1220. The van der Waals surface area contributed by atoms with Crippen LogP contribution in [-0.4, -0.2) is 53.6 Å². The zero-order valence-corrected chi connectivity index (χ0v) is 21.5. The van der Waals surface area contributed by atoms with E-state index in [0.717, 1.165) is 35.0 Å². The van der Waals surface area contributed by atoms with E-state index < -0.39 is 0 Å². The average molecular weight is 488 g/mol. The number of morpholine rings is 1. The summed E-state index contributed by atoms with van der Waals surface area (Å²) in [6, 6.07) is 16.5. The van der Waals surface area contributed by atoms with Gasteiger partial charge in [0.15, 0.2) is 0 Å². The summed E-state index contributed by atoms with van der Waals surface area (Å²) in [6.45, 7) is 6.59. The van der Waals surface area contributed by atoms with Crippen molar-refractivity contribution in [2.24, 2.45) is 0 Å². The molecular formula is C30H37N3O3. The lowest BCUT2D eigenvalue weighted by Gasteiger charge is -2.28. The Balaban J connectivity index is 1.69. The number of hydrogen-bond acceptors (Lipinski definition) is 3. The van der Waals surface area contributed by atoms with Crippen LogP contribution in [0.2, 0.25) is 0 Å². The van der Waals surface area contributed by atoms with E-state index in [2.05, 4.69) is 40.2 Å². The summed E-state index contributed by atoms with van der Waals surface area (Å²) in [6.07, 6.45) is 6.06. The van der Waals surface area contributed by atoms with Crippen molar-refractivity contribution in [3.8, 4) is 11.3 Å². The molecule has 6 heteroatoms. The molecule has 2 amide bonds. The number of rotatable bonds is 6. The van der Waals surface area contributed by atoms with E-state index in [1.54, 1.807) is 0 Å². The Morgan fingerprint density at radius 1 is 1.00 bits per heavy atom. The highest BCUT2D eigenvalue weighted by Crippen LogP contribution is 2.44. The molecule has 1 aliphatic heterocycles. The highest BCUT2D eigenvalue weighted by Gasteiger charge is 2.29. The number of benzene rings is 2. The monoisotopic (exact) mass is 487 g/mol. The van der Waals surface area contributed by atoms with E-state index in [9.17, 15) is 9.59 Å². The van der Waals surface area contributed by atoms with Crippen molar-refractivity contribution in [3.05, 3.63) is 59.7 Å². The van der Waals surface area contributed by atoms with Gasteiger partial charge in [-0.1, -0.05) is 55.7 Å². The molecule has 2 aromatic carbocycles. The van der Waals surface area contributed by atoms with Gasteiger partial charge in [0.05, 0.1) is 24.4 Å². The quantitative estimate of drug-likeness (QED) is 0.510. The lowest BCUT2D eigenvalue weighted by Crippen LogP contribution is -2.42. The number of aromatic nitrogens is 1. The van der Waals surface area contributed by atoms with Gasteiger partial charge in [-0.25, -0.2) is 0 Å². The van der Waals surface area contributed by atoms with Gasteiger partial charge in [0, 0.05) is 30.1 Å². The molecule has 1 saturated carbocycles.